The Labute approximate surface area is 148 Å². The number of carbonyl (C=O) groups excluding carboxylic acids is 2. The second-order valence-electron chi connectivity index (χ2n) is 7.07. The van der Waals surface area contributed by atoms with Crippen LogP contribution in [0.15, 0.2) is 29.2 Å². The second-order valence-corrected chi connectivity index (χ2v) is 8.40. The molecule has 1 saturated heterocycles. The van der Waals surface area contributed by atoms with Crippen molar-refractivity contribution < 1.29 is 14.3 Å². The summed E-state index contributed by atoms with van der Waals surface area (Å²) in [6, 6.07) is 7.86. The van der Waals surface area contributed by atoms with Crippen LogP contribution in [-0.4, -0.2) is 41.2 Å². The predicted octanol–water partition coefficient (Wildman–Crippen LogP) is 4.63. The number of thioether (sulfide) groups is 1. The van der Waals surface area contributed by atoms with E-state index in [9.17, 15) is 9.59 Å². The molecule has 0 saturated carbocycles. The smallest absolute Gasteiger partial charge is 0.410 e. The molecule has 1 aromatic rings. The lowest BCUT2D eigenvalue weighted by Crippen LogP contribution is -2.43. The van der Waals surface area contributed by atoms with Crippen molar-refractivity contribution in [3.05, 3.63) is 29.8 Å². The molecule has 1 amide bonds. The van der Waals surface area contributed by atoms with Gasteiger partial charge in [0.15, 0.2) is 5.78 Å². The number of nitrogens with zero attached hydrogens (tertiary/aromatic N) is 1. The molecule has 0 aliphatic carbocycles. The molecule has 0 atom stereocenters. The lowest BCUT2D eigenvalue weighted by atomic mass is 9.89. The lowest BCUT2D eigenvalue weighted by molar-refractivity contribution is 0.0182. The van der Waals surface area contributed by atoms with Crippen LogP contribution in [0.4, 0.5) is 4.79 Å². The fourth-order valence-electron chi connectivity index (χ4n) is 2.79. The predicted molar refractivity (Wildman–Crippen MR) is 97.7 cm³/mol. The summed E-state index contributed by atoms with van der Waals surface area (Å²) in [5.41, 5.74) is 0.297. The Bertz CT molecular complexity index is 587. The van der Waals surface area contributed by atoms with Crippen LogP contribution >= 0.6 is 11.8 Å². The monoisotopic (exact) mass is 349 g/mol. The van der Waals surface area contributed by atoms with Gasteiger partial charge in [-0.3, -0.25) is 4.79 Å². The van der Waals surface area contributed by atoms with E-state index in [0.717, 1.165) is 16.2 Å². The number of ether oxygens (including phenoxy) is 1. The quantitative estimate of drug-likeness (QED) is 0.587. The zero-order chi connectivity index (χ0) is 17.7. The molecule has 0 N–H and O–H groups in total. The van der Waals surface area contributed by atoms with Crippen LogP contribution in [0.2, 0.25) is 0 Å². The van der Waals surface area contributed by atoms with E-state index >= 15 is 0 Å². The van der Waals surface area contributed by atoms with E-state index < -0.39 is 5.60 Å². The van der Waals surface area contributed by atoms with Crippen LogP contribution in [-0.2, 0) is 4.74 Å². The summed E-state index contributed by atoms with van der Waals surface area (Å²) < 4.78 is 5.40. The number of carbonyl (C=O) groups is 2. The molecule has 1 aliphatic rings. The third-order valence-electron chi connectivity index (χ3n) is 3.95. The van der Waals surface area contributed by atoms with Crippen molar-refractivity contribution >= 4 is 23.6 Å². The normalized spacial score (nSPS) is 16.1. The Morgan fingerprint density at radius 1 is 1.25 bits per heavy atom. The van der Waals surface area contributed by atoms with Crippen LogP contribution in [0.25, 0.3) is 0 Å². The van der Waals surface area contributed by atoms with E-state index in [0.29, 0.717) is 25.9 Å². The molecule has 132 valence electrons. The number of rotatable bonds is 4. The number of piperidine rings is 1. The van der Waals surface area contributed by atoms with E-state index in [1.165, 1.54) is 0 Å². The van der Waals surface area contributed by atoms with Crippen molar-refractivity contribution in [1.29, 1.82) is 0 Å². The molecule has 0 aromatic heterocycles. The first-order chi connectivity index (χ1) is 11.3. The average molecular weight is 349 g/mol. The van der Waals surface area contributed by atoms with Crippen molar-refractivity contribution in [2.24, 2.45) is 5.92 Å². The highest BCUT2D eigenvalue weighted by Gasteiger charge is 2.30. The van der Waals surface area contributed by atoms with Crippen LogP contribution in [0.1, 0.15) is 50.9 Å². The lowest BCUT2D eigenvalue weighted by Gasteiger charge is -2.33. The number of likely N-dealkylation sites (tertiary alicyclic amines) is 1. The molecular formula is C19H27NO3S. The summed E-state index contributed by atoms with van der Waals surface area (Å²) in [6.45, 7) is 8.85. The van der Waals surface area contributed by atoms with Crippen molar-refractivity contribution in [3.63, 3.8) is 0 Å². The van der Waals surface area contributed by atoms with Gasteiger partial charge in [0.2, 0.25) is 0 Å². The van der Waals surface area contributed by atoms with Gasteiger partial charge in [-0.15, -0.1) is 11.8 Å². The highest BCUT2D eigenvalue weighted by molar-refractivity contribution is 7.99. The van der Waals surface area contributed by atoms with E-state index in [1.54, 1.807) is 16.7 Å². The third-order valence-corrected chi connectivity index (χ3v) is 4.82. The standard InChI is InChI=1S/C19H27NO3S/c1-5-24-16-8-6-7-15(13-16)17(21)14-9-11-20(12-10-14)18(22)23-19(2,3)4/h6-8,13-14H,5,9-12H2,1-4H3. The van der Waals surface area contributed by atoms with Crippen LogP contribution < -0.4 is 0 Å². The minimum Gasteiger partial charge on any atom is -0.444 e. The topological polar surface area (TPSA) is 46.6 Å². The first-order valence-electron chi connectivity index (χ1n) is 8.55. The number of ketones is 1. The molecule has 2 rings (SSSR count). The number of Topliss-reactive ketones (excluding diaryl/α,β-unsaturated/α-hetero) is 1. The Balaban J connectivity index is 1.93. The minimum absolute atomic E-state index is 0.00874. The molecule has 5 heteroatoms. The first-order valence-corrected chi connectivity index (χ1v) is 9.53. The van der Waals surface area contributed by atoms with E-state index in [2.05, 4.69) is 6.92 Å². The van der Waals surface area contributed by atoms with Crippen molar-refractivity contribution in [2.45, 2.75) is 51.0 Å². The molecule has 0 unspecified atom stereocenters. The van der Waals surface area contributed by atoms with Gasteiger partial charge in [-0.25, -0.2) is 4.79 Å². The van der Waals surface area contributed by atoms with E-state index in [-0.39, 0.29) is 17.8 Å². The molecule has 0 bridgehead atoms. The van der Waals surface area contributed by atoms with Gasteiger partial charge in [0, 0.05) is 29.5 Å². The van der Waals surface area contributed by atoms with Crippen molar-refractivity contribution in [1.82, 2.24) is 4.90 Å². The maximum Gasteiger partial charge on any atom is 0.410 e. The summed E-state index contributed by atoms with van der Waals surface area (Å²) in [7, 11) is 0. The van der Waals surface area contributed by atoms with Crippen LogP contribution in [0.3, 0.4) is 0 Å². The van der Waals surface area contributed by atoms with Gasteiger partial charge in [0.25, 0.3) is 0 Å². The fraction of sp³-hybridized carbons (Fsp3) is 0.579. The Morgan fingerprint density at radius 2 is 1.92 bits per heavy atom. The summed E-state index contributed by atoms with van der Waals surface area (Å²) >= 11 is 1.74. The van der Waals surface area contributed by atoms with Gasteiger partial charge in [0.05, 0.1) is 0 Å². The van der Waals surface area contributed by atoms with Gasteiger partial charge >= 0.3 is 6.09 Å². The Kier molecular flexibility index (Phi) is 6.33. The van der Waals surface area contributed by atoms with Gasteiger partial charge in [-0.1, -0.05) is 19.1 Å². The molecule has 1 fully saturated rings. The second kappa shape index (κ2) is 8.06. The maximum atomic E-state index is 12.7. The van der Waals surface area contributed by atoms with Gasteiger partial charge in [-0.05, 0) is 51.5 Å². The zero-order valence-electron chi connectivity index (χ0n) is 15.0. The largest absolute Gasteiger partial charge is 0.444 e. The SMILES string of the molecule is CCSc1cccc(C(=O)C2CCN(C(=O)OC(C)(C)C)CC2)c1. The molecule has 1 aromatic carbocycles. The summed E-state index contributed by atoms with van der Waals surface area (Å²) in [4.78, 5) is 27.7. The number of amides is 1. The Morgan fingerprint density at radius 3 is 2.50 bits per heavy atom. The van der Waals surface area contributed by atoms with Crippen molar-refractivity contribution in [3.8, 4) is 0 Å². The molecule has 4 nitrogen and oxygen atoms in total. The summed E-state index contributed by atoms with van der Waals surface area (Å²) in [6.07, 6.45) is 1.11. The van der Waals surface area contributed by atoms with Gasteiger partial charge in [-0.2, -0.15) is 0 Å². The molecule has 24 heavy (non-hydrogen) atoms. The number of hydrogen-bond donors (Lipinski definition) is 0. The fourth-order valence-corrected chi connectivity index (χ4v) is 3.51. The van der Waals surface area contributed by atoms with Crippen molar-refractivity contribution in [2.75, 3.05) is 18.8 Å². The molecule has 0 spiro atoms. The van der Waals surface area contributed by atoms with E-state index in [4.69, 9.17) is 4.74 Å². The number of benzene rings is 1. The van der Waals surface area contributed by atoms with Gasteiger partial charge < -0.3 is 9.64 Å². The average Bonchev–Trinajstić information content (AvgIpc) is 2.53. The molecule has 1 heterocycles. The molecule has 1 aliphatic heterocycles. The van der Waals surface area contributed by atoms with Crippen LogP contribution in [0, 0.1) is 5.92 Å². The highest BCUT2D eigenvalue weighted by Crippen LogP contribution is 2.25. The van der Waals surface area contributed by atoms with Crippen LogP contribution in [0.5, 0.6) is 0 Å². The van der Waals surface area contributed by atoms with Gasteiger partial charge in [0.1, 0.15) is 5.60 Å². The summed E-state index contributed by atoms with van der Waals surface area (Å²) in [5, 5.41) is 0. The minimum atomic E-state index is -0.485. The summed E-state index contributed by atoms with van der Waals surface area (Å²) in [5.74, 6) is 1.18. The number of hydrogen-bond acceptors (Lipinski definition) is 4. The van der Waals surface area contributed by atoms with E-state index in [1.807, 2.05) is 45.0 Å². The zero-order valence-corrected chi connectivity index (χ0v) is 15.8. The third kappa shape index (κ3) is 5.26. The molecule has 0 radical (unpaired) electrons. The molecular weight excluding hydrogens is 322 g/mol. The Hall–Kier alpha value is -1.49. The first kappa shape index (κ1) is 18.8. The maximum absolute atomic E-state index is 12.7. The highest BCUT2D eigenvalue weighted by atomic mass is 32.2.